The lowest BCUT2D eigenvalue weighted by atomic mass is 9.71. The van der Waals surface area contributed by atoms with E-state index in [1.807, 2.05) is 25.1 Å². The Hall–Kier alpha value is -2.96. The molecule has 3 aliphatic carbocycles. The Morgan fingerprint density at radius 1 is 1.06 bits per heavy atom. The van der Waals surface area contributed by atoms with Crippen molar-refractivity contribution in [1.82, 2.24) is 0 Å². The number of benzene rings is 2. The SMILES string of the molecule is CN=C(CO)[C@@]1(O)CCc2c(O)c3c(c(O)c2C1)C(=C1CC1)c1cccc(C)c1C3=O. The molecule has 0 aromatic heterocycles. The van der Waals surface area contributed by atoms with Crippen LogP contribution < -0.4 is 0 Å². The van der Waals surface area contributed by atoms with Crippen molar-refractivity contribution in [3.63, 3.8) is 0 Å². The first-order chi connectivity index (χ1) is 14.8. The van der Waals surface area contributed by atoms with E-state index in [4.69, 9.17) is 0 Å². The lowest BCUT2D eigenvalue weighted by Gasteiger charge is -2.36. The van der Waals surface area contributed by atoms with Gasteiger partial charge in [0.2, 0.25) is 0 Å². The van der Waals surface area contributed by atoms with Gasteiger partial charge in [-0.25, -0.2) is 0 Å². The van der Waals surface area contributed by atoms with Crippen LogP contribution in [-0.4, -0.2) is 51.2 Å². The number of phenolic OH excluding ortho intramolecular Hbond substituents is 2. The van der Waals surface area contributed by atoms with Gasteiger partial charge < -0.3 is 20.4 Å². The van der Waals surface area contributed by atoms with Crippen molar-refractivity contribution < 1.29 is 25.2 Å². The van der Waals surface area contributed by atoms with Crippen molar-refractivity contribution in [2.24, 2.45) is 4.99 Å². The van der Waals surface area contributed by atoms with Crippen molar-refractivity contribution >= 4 is 17.1 Å². The molecule has 0 bridgehead atoms. The van der Waals surface area contributed by atoms with Crippen molar-refractivity contribution in [2.45, 2.75) is 44.6 Å². The summed E-state index contributed by atoms with van der Waals surface area (Å²) in [5.74, 6) is -0.457. The van der Waals surface area contributed by atoms with Crippen LogP contribution in [0.4, 0.5) is 0 Å². The van der Waals surface area contributed by atoms with Gasteiger partial charge in [0.15, 0.2) is 5.78 Å². The summed E-state index contributed by atoms with van der Waals surface area (Å²) in [6, 6.07) is 5.67. The largest absolute Gasteiger partial charge is 0.507 e. The molecule has 3 aliphatic rings. The molecule has 1 atom stereocenters. The molecule has 1 saturated carbocycles. The van der Waals surface area contributed by atoms with Crippen LogP contribution in [-0.2, 0) is 12.8 Å². The second kappa shape index (κ2) is 6.77. The van der Waals surface area contributed by atoms with Crippen LogP contribution in [0, 0.1) is 6.92 Å². The summed E-state index contributed by atoms with van der Waals surface area (Å²) in [7, 11) is 1.51. The van der Waals surface area contributed by atoms with Gasteiger partial charge in [-0.3, -0.25) is 9.79 Å². The normalized spacial score (nSPS) is 22.2. The number of aliphatic imine (C=N–C) groups is 1. The minimum absolute atomic E-state index is 0.0136. The number of aromatic hydroxyl groups is 2. The van der Waals surface area contributed by atoms with Crippen LogP contribution in [0.5, 0.6) is 11.5 Å². The van der Waals surface area contributed by atoms with Gasteiger partial charge in [0, 0.05) is 35.7 Å². The molecule has 0 unspecified atom stereocenters. The fourth-order valence-corrected chi connectivity index (χ4v) is 5.25. The van der Waals surface area contributed by atoms with Gasteiger partial charge in [-0.05, 0) is 49.3 Å². The number of hydrogen-bond donors (Lipinski definition) is 4. The third kappa shape index (κ3) is 2.71. The van der Waals surface area contributed by atoms with Crippen LogP contribution >= 0.6 is 0 Å². The average molecular weight is 419 g/mol. The molecule has 160 valence electrons. The maximum absolute atomic E-state index is 13.5. The molecule has 0 radical (unpaired) electrons. The zero-order valence-corrected chi connectivity index (χ0v) is 17.6. The standard InChI is InChI=1S/C25H25NO5/c1-12-4-3-5-15-18(12)24(30)21-20(19(15)13-6-7-13)23(29)16-10-25(31,17(11-27)26-2)9-8-14(16)22(21)28/h3-5,27-29,31H,6-11H2,1-2H3/t25-/m1/s1. The van der Waals surface area contributed by atoms with E-state index < -0.39 is 5.60 Å². The number of carbonyl (C=O) groups is 1. The van der Waals surface area contributed by atoms with Crippen molar-refractivity contribution in [2.75, 3.05) is 13.7 Å². The first-order valence-corrected chi connectivity index (χ1v) is 10.6. The molecular formula is C25H25NO5. The highest BCUT2D eigenvalue weighted by Crippen LogP contribution is 2.54. The number of nitrogens with zero attached hydrogens (tertiary/aromatic N) is 1. The van der Waals surface area contributed by atoms with Gasteiger partial charge in [0.25, 0.3) is 0 Å². The fraction of sp³-hybridized carbons (Fsp3) is 0.360. The number of phenols is 2. The summed E-state index contributed by atoms with van der Waals surface area (Å²) in [5.41, 5.74) is 4.44. The predicted octanol–water partition coefficient (Wildman–Crippen LogP) is 2.83. The Morgan fingerprint density at radius 3 is 2.42 bits per heavy atom. The Balaban J connectivity index is 1.79. The number of aliphatic hydroxyl groups excluding tert-OH is 1. The highest BCUT2D eigenvalue weighted by molar-refractivity contribution is 6.22. The molecule has 2 aromatic rings. The molecule has 1 fully saturated rings. The van der Waals surface area contributed by atoms with E-state index in [0.29, 0.717) is 22.3 Å². The van der Waals surface area contributed by atoms with Crippen molar-refractivity contribution in [3.8, 4) is 11.5 Å². The molecule has 6 nitrogen and oxygen atoms in total. The quantitative estimate of drug-likeness (QED) is 0.377. The topological polar surface area (TPSA) is 110 Å². The van der Waals surface area contributed by atoms with E-state index in [2.05, 4.69) is 4.99 Å². The molecule has 4 N–H and O–H groups in total. The first-order valence-electron chi connectivity index (χ1n) is 10.6. The molecule has 0 spiro atoms. The summed E-state index contributed by atoms with van der Waals surface area (Å²) in [4.78, 5) is 17.5. The number of aryl methyl sites for hydroxylation is 1. The molecule has 6 heteroatoms. The third-order valence-electron chi connectivity index (χ3n) is 6.97. The zero-order chi connectivity index (χ0) is 22.1. The van der Waals surface area contributed by atoms with E-state index in [-0.39, 0.29) is 54.4 Å². The minimum Gasteiger partial charge on any atom is -0.507 e. The number of ketones is 1. The maximum Gasteiger partial charge on any atom is 0.198 e. The summed E-state index contributed by atoms with van der Waals surface area (Å²) in [6.07, 6.45) is 2.28. The van der Waals surface area contributed by atoms with Crippen LogP contribution in [0.3, 0.4) is 0 Å². The number of rotatable bonds is 2. The first kappa shape index (κ1) is 20.0. The van der Waals surface area contributed by atoms with E-state index in [0.717, 1.165) is 35.1 Å². The number of hydrogen-bond acceptors (Lipinski definition) is 6. The van der Waals surface area contributed by atoms with Gasteiger partial charge >= 0.3 is 0 Å². The van der Waals surface area contributed by atoms with Crippen LogP contribution in [0.15, 0.2) is 28.8 Å². The Morgan fingerprint density at radius 2 is 1.77 bits per heavy atom. The highest BCUT2D eigenvalue weighted by atomic mass is 16.3. The van der Waals surface area contributed by atoms with Gasteiger partial charge in [0.05, 0.1) is 17.9 Å². The van der Waals surface area contributed by atoms with E-state index in [1.54, 1.807) is 0 Å². The van der Waals surface area contributed by atoms with Crippen molar-refractivity contribution in [1.29, 1.82) is 0 Å². The van der Waals surface area contributed by atoms with E-state index >= 15 is 0 Å². The van der Waals surface area contributed by atoms with Gasteiger partial charge in [-0.1, -0.05) is 23.8 Å². The minimum atomic E-state index is -1.41. The van der Waals surface area contributed by atoms with Crippen LogP contribution in [0.1, 0.15) is 63.0 Å². The number of allylic oxidation sites excluding steroid dienone is 1. The summed E-state index contributed by atoms with van der Waals surface area (Å²) < 4.78 is 0. The molecule has 0 aliphatic heterocycles. The molecule has 0 amide bonds. The lowest BCUT2D eigenvalue weighted by Crippen LogP contribution is -2.45. The van der Waals surface area contributed by atoms with E-state index in [9.17, 15) is 25.2 Å². The van der Waals surface area contributed by atoms with Crippen molar-refractivity contribution in [3.05, 3.63) is 62.7 Å². The zero-order valence-electron chi connectivity index (χ0n) is 17.6. The summed E-state index contributed by atoms with van der Waals surface area (Å²) in [6.45, 7) is 1.49. The van der Waals surface area contributed by atoms with Gasteiger partial charge in [-0.2, -0.15) is 0 Å². The van der Waals surface area contributed by atoms with Crippen LogP contribution in [0.2, 0.25) is 0 Å². The molecule has 31 heavy (non-hydrogen) atoms. The predicted molar refractivity (Wildman–Crippen MR) is 117 cm³/mol. The number of fused-ring (bicyclic) bond motifs is 3. The Bertz CT molecular complexity index is 1220. The number of aliphatic hydroxyl groups is 2. The van der Waals surface area contributed by atoms with Crippen LogP contribution in [0.25, 0.3) is 5.57 Å². The molecule has 0 heterocycles. The second-order valence-corrected chi connectivity index (χ2v) is 8.75. The maximum atomic E-state index is 13.5. The van der Waals surface area contributed by atoms with Gasteiger partial charge in [0.1, 0.15) is 17.1 Å². The Kier molecular flexibility index (Phi) is 4.36. The third-order valence-corrected chi connectivity index (χ3v) is 6.97. The number of carbonyl (C=O) groups excluding carboxylic acids is 1. The molecule has 5 rings (SSSR count). The Labute approximate surface area is 180 Å². The monoisotopic (exact) mass is 419 g/mol. The van der Waals surface area contributed by atoms with E-state index in [1.165, 1.54) is 7.05 Å². The smallest absolute Gasteiger partial charge is 0.198 e. The highest BCUT2D eigenvalue weighted by Gasteiger charge is 2.43. The molecule has 2 aromatic carbocycles. The summed E-state index contributed by atoms with van der Waals surface area (Å²) in [5, 5.41) is 43.4. The lowest BCUT2D eigenvalue weighted by molar-refractivity contribution is 0.0886. The van der Waals surface area contributed by atoms with Gasteiger partial charge in [-0.15, -0.1) is 0 Å². The molecular weight excluding hydrogens is 394 g/mol. The fourth-order valence-electron chi connectivity index (χ4n) is 5.25. The second-order valence-electron chi connectivity index (χ2n) is 8.75. The molecule has 0 saturated heterocycles. The summed E-state index contributed by atoms with van der Waals surface area (Å²) >= 11 is 0. The average Bonchev–Trinajstić information content (AvgIpc) is 3.57.